The molecule has 1 aliphatic heterocycles. The Morgan fingerprint density at radius 3 is 1.32 bits per heavy atom. The molecule has 1 atom stereocenters. The minimum absolute atomic E-state index is 0.622. The second-order valence-corrected chi connectivity index (χ2v) is 10.2. The van der Waals surface area contributed by atoms with Gasteiger partial charge in [0.15, 0.2) is 0 Å². The summed E-state index contributed by atoms with van der Waals surface area (Å²) in [5, 5.41) is 0. The first-order chi connectivity index (χ1) is 15.3. The summed E-state index contributed by atoms with van der Waals surface area (Å²) in [5.41, 5.74) is 0. The zero-order valence-corrected chi connectivity index (χ0v) is 21.9. The monoisotopic (exact) mass is 434 g/mol. The van der Waals surface area contributed by atoms with Crippen LogP contribution in [0.2, 0.25) is 0 Å². The molecule has 2 heteroatoms. The van der Waals surface area contributed by atoms with Gasteiger partial charge in [-0.3, -0.25) is 0 Å². The molecule has 184 valence electrons. The van der Waals surface area contributed by atoms with E-state index in [1.165, 1.54) is 148 Å². The molecule has 0 N–H and O–H groups in total. The van der Waals surface area contributed by atoms with Gasteiger partial charge in [-0.25, -0.2) is 0 Å². The lowest BCUT2D eigenvalue weighted by Crippen LogP contribution is -2.37. The molecule has 1 rings (SSSR count). The number of unbranched alkanes of at least 4 members (excludes halogenated alkanes) is 19. The first-order valence-electron chi connectivity index (χ1n) is 14.5. The Labute approximate surface area is 197 Å². The maximum atomic E-state index is 2.61. The van der Waals surface area contributed by atoms with E-state index in [1.807, 2.05) is 0 Å². The molecular weight excluding hydrogens is 376 g/mol. The van der Waals surface area contributed by atoms with Gasteiger partial charge in [-0.2, -0.15) is 0 Å². The molecule has 1 unspecified atom stereocenters. The molecule has 0 aliphatic carbocycles. The summed E-state index contributed by atoms with van der Waals surface area (Å²) >= 11 is 0. The largest absolute Gasteiger partial charge is 0.359 e. The fraction of sp³-hybridized carbons (Fsp3) is 0.931. The maximum absolute atomic E-state index is 2.61. The van der Waals surface area contributed by atoms with Crippen molar-refractivity contribution in [2.24, 2.45) is 0 Å². The molecule has 0 amide bonds. The zero-order chi connectivity index (χ0) is 22.4. The minimum Gasteiger partial charge on any atom is -0.359 e. The van der Waals surface area contributed by atoms with Gasteiger partial charge >= 0.3 is 0 Å². The molecule has 0 spiro atoms. The smallest absolute Gasteiger partial charge is 0.100 e. The summed E-state index contributed by atoms with van der Waals surface area (Å²) in [5.74, 6) is 0. The average Bonchev–Trinajstić information content (AvgIpc) is 3.12. The quantitative estimate of drug-likeness (QED) is 0.148. The Bertz CT molecular complexity index is 392. The van der Waals surface area contributed by atoms with Crippen LogP contribution in [0.4, 0.5) is 0 Å². The van der Waals surface area contributed by atoms with Gasteiger partial charge in [0.25, 0.3) is 0 Å². The van der Waals surface area contributed by atoms with Crippen molar-refractivity contribution >= 4 is 0 Å². The SMILES string of the molecule is CCCCCCCCCCCCCCN1C=CN(C)C1CCCCCCCCCCC. The van der Waals surface area contributed by atoms with E-state index in [0.717, 1.165) is 0 Å². The lowest BCUT2D eigenvalue weighted by molar-refractivity contribution is 0.159. The van der Waals surface area contributed by atoms with Crippen LogP contribution in [-0.4, -0.2) is 29.6 Å². The van der Waals surface area contributed by atoms with E-state index in [9.17, 15) is 0 Å². The number of rotatable bonds is 23. The van der Waals surface area contributed by atoms with E-state index in [0.29, 0.717) is 6.17 Å². The van der Waals surface area contributed by atoms with Gasteiger partial charge < -0.3 is 9.80 Å². The van der Waals surface area contributed by atoms with Gasteiger partial charge in [-0.15, -0.1) is 0 Å². The van der Waals surface area contributed by atoms with E-state index < -0.39 is 0 Å². The normalized spacial score (nSPS) is 16.0. The number of hydrogen-bond acceptors (Lipinski definition) is 2. The van der Waals surface area contributed by atoms with Crippen molar-refractivity contribution in [3.8, 4) is 0 Å². The molecule has 1 aliphatic rings. The van der Waals surface area contributed by atoms with Crippen molar-refractivity contribution in [3.05, 3.63) is 12.4 Å². The highest BCUT2D eigenvalue weighted by Crippen LogP contribution is 2.21. The molecule has 0 aromatic carbocycles. The zero-order valence-electron chi connectivity index (χ0n) is 21.9. The molecule has 0 radical (unpaired) electrons. The average molecular weight is 435 g/mol. The number of nitrogens with zero attached hydrogens (tertiary/aromatic N) is 2. The molecule has 1 heterocycles. The first-order valence-corrected chi connectivity index (χ1v) is 14.5. The highest BCUT2D eigenvalue weighted by molar-refractivity contribution is 4.95. The summed E-state index contributed by atoms with van der Waals surface area (Å²) in [6.07, 6.45) is 36.7. The third-order valence-electron chi connectivity index (χ3n) is 7.18. The summed E-state index contributed by atoms with van der Waals surface area (Å²) < 4.78 is 0. The van der Waals surface area contributed by atoms with Crippen LogP contribution in [0.15, 0.2) is 12.4 Å². The molecule has 0 saturated carbocycles. The van der Waals surface area contributed by atoms with E-state index in [4.69, 9.17) is 0 Å². The summed E-state index contributed by atoms with van der Waals surface area (Å²) in [6, 6.07) is 0. The van der Waals surface area contributed by atoms with Gasteiger partial charge in [0.1, 0.15) is 6.17 Å². The second kappa shape index (κ2) is 21.2. The van der Waals surface area contributed by atoms with Gasteiger partial charge in [0.05, 0.1) is 0 Å². The molecule has 0 fully saturated rings. The van der Waals surface area contributed by atoms with Gasteiger partial charge in [0.2, 0.25) is 0 Å². The Morgan fingerprint density at radius 1 is 0.484 bits per heavy atom. The van der Waals surface area contributed by atoms with Crippen molar-refractivity contribution in [3.63, 3.8) is 0 Å². The minimum atomic E-state index is 0.622. The van der Waals surface area contributed by atoms with Crippen LogP contribution in [0.5, 0.6) is 0 Å². The molecule has 0 aromatic rings. The van der Waals surface area contributed by atoms with Crippen LogP contribution in [0.3, 0.4) is 0 Å². The van der Waals surface area contributed by atoms with E-state index in [2.05, 4.69) is 43.1 Å². The predicted molar refractivity (Wildman–Crippen MR) is 140 cm³/mol. The van der Waals surface area contributed by atoms with E-state index in [1.54, 1.807) is 0 Å². The number of hydrogen-bond donors (Lipinski definition) is 0. The van der Waals surface area contributed by atoms with Gasteiger partial charge in [0, 0.05) is 26.0 Å². The summed E-state index contributed by atoms with van der Waals surface area (Å²) in [7, 11) is 2.26. The fourth-order valence-corrected chi connectivity index (χ4v) is 4.99. The Balaban J connectivity index is 1.94. The van der Waals surface area contributed by atoms with Crippen LogP contribution in [0, 0.1) is 0 Å². The van der Waals surface area contributed by atoms with Crippen LogP contribution in [0.25, 0.3) is 0 Å². The fourth-order valence-electron chi connectivity index (χ4n) is 4.99. The third kappa shape index (κ3) is 15.7. The second-order valence-electron chi connectivity index (χ2n) is 10.2. The molecule has 0 bridgehead atoms. The lowest BCUT2D eigenvalue weighted by Gasteiger charge is -2.30. The Kier molecular flexibility index (Phi) is 19.4. The highest BCUT2D eigenvalue weighted by atomic mass is 15.4. The van der Waals surface area contributed by atoms with Gasteiger partial charge in [-0.1, -0.05) is 136 Å². The molecule has 0 aromatic heterocycles. The molecule has 0 saturated heterocycles. The summed E-state index contributed by atoms with van der Waals surface area (Å²) in [6.45, 7) is 5.85. The summed E-state index contributed by atoms with van der Waals surface area (Å²) in [4.78, 5) is 5.05. The van der Waals surface area contributed by atoms with E-state index >= 15 is 0 Å². The topological polar surface area (TPSA) is 6.48 Å². The Hall–Kier alpha value is -0.660. The predicted octanol–water partition coefficient (Wildman–Crippen LogP) is 9.65. The van der Waals surface area contributed by atoms with Crippen molar-refractivity contribution in [2.45, 2.75) is 161 Å². The molecule has 31 heavy (non-hydrogen) atoms. The van der Waals surface area contributed by atoms with Crippen molar-refractivity contribution in [1.82, 2.24) is 9.80 Å². The maximum Gasteiger partial charge on any atom is 0.100 e. The van der Waals surface area contributed by atoms with Crippen LogP contribution in [0.1, 0.15) is 155 Å². The van der Waals surface area contributed by atoms with Crippen LogP contribution < -0.4 is 0 Å². The Morgan fingerprint density at radius 2 is 0.871 bits per heavy atom. The van der Waals surface area contributed by atoms with E-state index in [-0.39, 0.29) is 0 Å². The first kappa shape index (κ1) is 28.4. The third-order valence-corrected chi connectivity index (χ3v) is 7.18. The van der Waals surface area contributed by atoms with Crippen molar-refractivity contribution < 1.29 is 0 Å². The van der Waals surface area contributed by atoms with Crippen LogP contribution >= 0.6 is 0 Å². The highest BCUT2D eigenvalue weighted by Gasteiger charge is 2.22. The molecular formula is C29H58N2. The van der Waals surface area contributed by atoms with Crippen LogP contribution in [-0.2, 0) is 0 Å². The van der Waals surface area contributed by atoms with Crippen molar-refractivity contribution in [2.75, 3.05) is 13.6 Å². The van der Waals surface area contributed by atoms with Gasteiger partial charge in [-0.05, 0) is 19.3 Å². The standard InChI is InChI=1S/C29H58N2/c1-4-6-8-10-12-14-15-16-18-20-22-24-26-31-28-27-30(3)29(31)25-23-21-19-17-13-11-9-7-5-2/h27-29H,4-26H2,1-3H3. The lowest BCUT2D eigenvalue weighted by atomic mass is 10.0. The molecule has 2 nitrogen and oxygen atoms in total. The van der Waals surface area contributed by atoms with Crippen molar-refractivity contribution in [1.29, 1.82) is 0 Å².